The predicted octanol–water partition coefficient (Wildman–Crippen LogP) is 4.88. The molecule has 9 heteroatoms. The van der Waals surface area contributed by atoms with E-state index < -0.39 is 23.0 Å². The summed E-state index contributed by atoms with van der Waals surface area (Å²) in [6.07, 6.45) is 0. The Bertz CT molecular complexity index is 1190. The zero-order valence-corrected chi connectivity index (χ0v) is 17.7. The van der Waals surface area contributed by atoms with Crippen molar-refractivity contribution >= 4 is 34.6 Å². The molecule has 0 bridgehead atoms. The first-order chi connectivity index (χ1) is 14.7. The van der Waals surface area contributed by atoms with E-state index in [1.54, 1.807) is 37.3 Å². The lowest BCUT2D eigenvalue weighted by Gasteiger charge is -2.17. The van der Waals surface area contributed by atoms with E-state index in [2.05, 4.69) is 0 Å². The van der Waals surface area contributed by atoms with Crippen molar-refractivity contribution in [2.24, 2.45) is 0 Å². The van der Waals surface area contributed by atoms with Crippen LogP contribution < -0.4 is 4.74 Å². The van der Waals surface area contributed by atoms with Gasteiger partial charge in [-0.3, -0.25) is 4.21 Å². The van der Waals surface area contributed by atoms with Gasteiger partial charge >= 0.3 is 11.9 Å². The SMILES string of the molecule is Cc1cc(-c2cc(CS(=O)[O-])ccc2Oc2ccc(Cl)cc2)c(C(=O)O)cc1C(=O)O. The first-order valence-corrected chi connectivity index (χ1v) is 10.5. The summed E-state index contributed by atoms with van der Waals surface area (Å²) in [4.78, 5) is 23.4. The van der Waals surface area contributed by atoms with Gasteiger partial charge < -0.3 is 19.5 Å². The summed E-state index contributed by atoms with van der Waals surface area (Å²) < 4.78 is 28.2. The zero-order chi connectivity index (χ0) is 22.7. The summed E-state index contributed by atoms with van der Waals surface area (Å²) in [6.45, 7) is 1.55. The van der Waals surface area contributed by atoms with Crippen LogP contribution in [0.15, 0.2) is 54.6 Å². The van der Waals surface area contributed by atoms with Crippen molar-refractivity contribution in [3.63, 3.8) is 0 Å². The highest BCUT2D eigenvalue weighted by Gasteiger charge is 2.21. The van der Waals surface area contributed by atoms with Crippen LogP contribution >= 0.6 is 11.6 Å². The second kappa shape index (κ2) is 9.30. The molecule has 2 N–H and O–H groups in total. The molecule has 0 aromatic heterocycles. The number of carbonyl (C=O) groups is 2. The van der Waals surface area contributed by atoms with Gasteiger partial charge in [0.1, 0.15) is 11.5 Å². The molecule has 0 fully saturated rings. The van der Waals surface area contributed by atoms with Gasteiger partial charge in [0, 0.05) is 21.9 Å². The van der Waals surface area contributed by atoms with Gasteiger partial charge in [0.25, 0.3) is 0 Å². The molecular weight excluding hydrogens is 444 g/mol. The zero-order valence-electron chi connectivity index (χ0n) is 16.1. The van der Waals surface area contributed by atoms with Crippen LogP contribution in [0.25, 0.3) is 11.1 Å². The van der Waals surface area contributed by atoms with Crippen molar-refractivity contribution in [2.75, 3.05) is 0 Å². The van der Waals surface area contributed by atoms with Gasteiger partial charge in [-0.1, -0.05) is 28.7 Å². The third-order valence-electron chi connectivity index (χ3n) is 4.49. The van der Waals surface area contributed by atoms with E-state index >= 15 is 0 Å². The molecule has 31 heavy (non-hydrogen) atoms. The fourth-order valence-electron chi connectivity index (χ4n) is 3.07. The maximum Gasteiger partial charge on any atom is 0.336 e. The van der Waals surface area contributed by atoms with Gasteiger partial charge in [-0.15, -0.1) is 0 Å². The van der Waals surface area contributed by atoms with E-state index in [-0.39, 0.29) is 28.2 Å². The average Bonchev–Trinajstić information content (AvgIpc) is 2.69. The second-order valence-electron chi connectivity index (χ2n) is 6.66. The maximum absolute atomic E-state index is 11.9. The summed E-state index contributed by atoms with van der Waals surface area (Å²) in [5, 5.41) is 19.6. The van der Waals surface area contributed by atoms with Crippen LogP contribution in [-0.4, -0.2) is 30.9 Å². The second-order valence-corrected chi connectivity index (χ2v) is 7.99. The molecule has 7 nitrogen and oxygen atoms in total. The van der Waals surface area contributed by atoms with Crippen molar-refractivity contribution in [2.45, 2.75) is 12.7 Å². The number of hydrogen-bond donors (Lipinski definition) is 2. The highest BCUT2D eigenvalue weighted by molar-refractivity contribution is 7.78. The molecule has 0 radical (unpaired) electrons. The minimum Gasteiger partial charge on any atom is -0.772 e. The summed E-state index contributed by atoms with van der Waals surface area (Å²) >= 11 is 3.54. The van der Waals surface area contributed by atoms with E-state index in [4.69, 9.17) is 16.3 Å². The molecule has 0 saturated heterocycles. The van der Waals surface area contributed by atoms with E-state index in [1.165, 1.54) is 18.2 Å². The number of ether oxygens (including phenoxy) is 1. The summed E-state index contributed by atoms with van der Waals surface area (Å²) in [7, 11) is 0. The Morgan fingerprint density at radius 2 is 1.61 bits per heavy atom. The van der Waals surface area contributed by atoms with Crippen LogP contribution in [0.2, 0.25) is 5.02 Å². The Morgan fingerprint density at radius 3 is 2.19 bits per heavy atom. The third kappa shape index (κ3) is 5.29. The molecule has 0 aliphatic heterocycles. The molecule has 0 amide bonds. The number of carboxylic acids is 2. The summed E-state index contributed by atoms with van der Waals surface area (Å²) in [6, 6.07) is 13.6. The molecule has 0 heterocycles. The van der Waals surface area contributed by atoms with Gasteiger partial charge in [-0.05, 0) is 66.6 Å². The minimum absolute atomic E-state index is 0.141. The lowest BCUT2D eigenvalue weighted by atomic mass is 9.92. The molecule has 3 rings (SSSR count). The quantitative estimate of drug-likeness (QED) is 0.482. The van der Waals surface area contributed by atoms with Crippen molar-refractivity contribution in [3.8, 4) is 22.6 Å². The number of rotatable bonds is 7. The van der Waals surface area contributed by atoms with Crippen LogP contribution in [0, 0.1) is 6.92 Å². The molecule has 3 aromatic rings. The Hall–Kier alpha value is -3.20. The first kappa shape index (κ1) is 22.5. The molecule has 0 aliphatic carbocycles. The molecule has 1 atom stereocenters. The Labute approximate surface area is 185 Å². The van der Waals surface area contributed by atoms with Crippen LogP contribution in [0.5, 0.6) is 11.5 Å². The van der Waals surface area contributed by atoms with Gasteiger partial charge in [0.05, 0.1) is 11.1 Å². The molecule has 0 aliphatic rings. The van der Waals surface area contributed by atoms with Gasteiger partial charge in [0.2, 0.25) is 0 Å². The van der Waals surface area contributed by atoms with E-state index in [0.717, 1.165) is 6.07 Å². The van der Waals surface area contributed by atoms with Crippen molar-refractivity contribution < 1.29 is 33.3 Å². The number of benzene rings is 3. The highest BCUT2D eigenvalue weighted by Crippen LogP contribution is 2.38. The molecular formula is C22H16ClO7S-. The largest absolute Gasteiger partial charge is 0.772 e. The Morgan fingerprint density at radius 1 is 0.968 bits per heavy atom. The molecule has 160 valence electrons. The smallest absolute Gasteiger partial charge is 0.336 e. The molecule has 3 aromatic carbocycles. The molecule has 0 spiro atoms. The fourth-order valence-corrected chi connectivity index (χ4v) is 3.65. The van der Waals surface area contributed by atoms with Crippen LogP contribution in [0.4, 0.5) is 0 Å². The maximum atomic E-state index is 11.9. The van der Waals surface area contributed by atoms with Crippen molar-refractivity contribution in [1.82, 2.24) is 0 Å². The Balaban J connectivity index is 2.22. The average molecular weight is 460 g/mol. The third-order valence-corrected chi connectivity index (χ3v) is 5.31. The highest BCUT2D eigenvalue weighted by atomic mass is 35.5. The lowest BCUT2D eigenvalue weighted by molar-refractivity contribution is 0.0695. The number of halogens is 1. The van der Waals surface area contributed by atoms with Crippen LogP contribution in [0.3, 0.4) is 0 Å². The standard InChI is InChI=1S/C22H17ClO7S/c1-12-8-17(19(22(26)27)10-16(12)21(24)25)18-9-13(11-31(28)29)2-7-20(18)30-15-5-3-14(23)4-6-15/h2-10H,11H2,1H3,(H,24,25)(H,26,27)(H,28,29)/p-1. The summed E-state index contributed by atoms with van der Waals surface area (Å²) in [5.74, 6) is -2.15. The van der Waals surface area contributed by atoms with Gasteiger partial charge in [0.15, 0.2) is 0 Å². The summed E-state index contributed by atoms with van der Waals surface area (Å²) in [5.41, 5.74) is 0.904. The van der Waals surface area contributed by atoms with Crippen LogP contribution in [-0.2, 0) is 16.8 Å². The van der Waals surface area contributed by atoms with E-state index in [0.29, 0.717) is 27.5 Å². The topological polar surface area (TPSA) is 124 Å². The van der Waals surface area contributed by atoms with Crippen molar-refractivity contribution in [1.29, 1.82) is 0 Å². The molecule has 1 unspecified atom stereocenters. The molecule has 0 saturated carbocycles. The fraction of sp³-hybridized carbons (Fsp3) is 0.0909. The van der Waals surface area contributed by atoms with E-state index in [9.17, 15) is 28.6 Å². The number of carboxylic acid groups (broad SMARTS) is 2. The predicted molar refractivity (Wildman–Crippen MR) is 115 cm³/mol. The van der Waals surface area contributed by atoms with Crippen molar-refractivity contribution in [3.05, 3.63) is 81.9 Å². The van der Waals surface area contributed by atoms with Gasteiger partial charge in [-0.2, -0.15) is 0 Å². The van der Waals surface area contributed by atoms with Crippen LogP contribution in [0.1, 0.15) is 31.8 Å². The van der Waals surface area contributed by atoms with Gasteiger partial charge in [-0.25, -0.2) is 9.59 Å². The lowest BCUT2D eigenvalue weighted by Crippen LogP contribution is -2.07. The minimum atomic E-state index is -2.36. The normalized spacial score (nSPS) is 11.7. The number of hydrogen-bond acceptors (Lipinski definition) is 5. The monoisotopic (exact) mass is 459 g/mol. The Kier molecular flexibility index (Phi) is 6.74. The van der Waals surface area contributed by atoms with E-state index in [1.807, 2.05) is 0 Å². The first-order valence-electron chi connectivity index (χ1n) is 8.89. The number of aromatic carboxylic acids is 2. The number of aryl methyl sites for hydroxylation is 1.